The van der Waals surface area contributed by atoms with E-state index in [2.05, 4.69) is 27.1 Å². The van der Waals surface area contributed by atoms with Crippen LogP contribution in [0, 0.1) is 13.8 Å². The van der Waals surface area contributed by atoms with Gasteiger partial charge in [-0.05, 0) is 52.9 Å². The lowest BCUT2D eigenvalue weighted by molar-refractivity contribution is 0.0296. The molecule has 1 aliphatic heterocycles. The second-order valence-electron chi connectivity index (χ2n) is 7.47. The Morgan fingerprint density at radius 3 is 2.58 bits per heavy atom. The summed E-state index contributed by atoms with van der Waals surface area (Å²) < 4.78 is 5.74. The molecule has 2 heterocycles. The first kappa shape index (κ1) is 19.0. The quantitative estimate of drug-likeness (QED) is 0.801. The van der Waals surface area contributed by atoms with Gasteiger partial charge in [-0.15, -0.1) is 0 Å². The van der Waals surface area contributed by atoms with Crippen LogP contribution < -0.4 is 16.0 Å². The average molecular weight is 361 g/mol. The topological polar surface area (TPSA) is 93.4 Å². The summed E-state index contributed by atoms with van der Waals surface area (Å²) in [5.41, 5.74) is 7.21. The highest BCUT2D eigenvalue weighted by Crippen LogP contribution is 2.26. The molecule has 0 spiro atoms. The second-order valence-corrected chi connectivity index (χ2v) is 7.47. The predicted molar refractivity (Wildman–Crippen MR) is 101 cm³/mol. The number of nitrogens with zero attached hydrogens (tertiary/aromatic N) is 3. The number of carbonyl (C=O) groups is 1. The number of hydrogen-bond donors (Lipinski definition) is 2. The highest BCUT2D eigenvalue weighted by molar-refractivity contribution is 5.89. The molecule has 26 heavy (non-hydrogen) atoms. The molecule has 0 bridgehead atoms. The van der Waals surface area contributed by atoms with Crippen molar-refractivity contribution in [2.75, 3.05) is 24.6 Å². The van der Waals surface area contributed by atoms with E-state index in [0.717, 1.165) is 56.0 Å². The largest absolute Gasteiger partial charge is 0.379 e. The van der Waals surface area contributed by atoms with Gasteiger partial charge in [0, 0.05) is 43.0 Å². The monoisotopic (exact) mass is 361 g/mol. The van der Waals surface area contributed by atoms with Crippen LogP contribution in [0.2, 0.25) is 0 Å². The van der Waals surface area contributed by atoms with Crippen molar-refractivity contribution in [3.63, 3.8) is 0 Å². The number of primary amides is 1. The van der Waals surface area contributed by atoms with Crippen LogP contribution in [-0.4, -0.2) is 53.8 Å². The van der Waals surface area contributed by atoms with E-state index in [1.54, 1.807) is 0 Å². The fourth-order valence-electron chi connectivity index (χ4n) is 4.09. The third kappa shape index (κ3) is 4.32. The van der Waals surface area contributed by atoms with Gasteiger partial charge in [0.25, 0.3) is 5.91 Å². The molecule has 2 fully saturated rings. The maximum Gasteiger partial charge on any atom is 0.286 e. The third-order valence-electron chi connectivity index (χ3n) is 5.62. The molecule has 1 amide bonds. The molecule has 3 N–H and O–H groups in total. The number of nitrogens with one attached hydrogen (secondary N) is 1. The van der Waals surface area contributed by atoms with Gasteiger partial charge in [-0.3, -0.25) is 4.79 Å². The van der Waals surface area contributed by atoms with E-state index < -0.39 is 5.91 Å². The second kappa shape index (κ2) is 8.31. The lowest BCUT2D eigenvalue weighted by Gasteiger charge is -2.31. The minimum atomic E-state index is -0.575. The number of carbonyl (C=O) groups excluding carboxylic acids is 1. The zero-order chi connectivity index (χ0) is 18.7. The van der Waals surface area contributed by atoms with Gasteiger partial charge in [0.05, 0.1) is 6.10 Å². The molecule has 144 valence electrons. The SMILES string of the molecule is CCOC1CCC(N[C@@H]2CCN(c3nc(C(N)=O)nc(C)c3C)C2)CC1. The summed E-state index contributed by atoms with van der Waals surface area (Å²) in [6, 6.07) is 1.03. The van der Waals surface area contributed by atoms with E-state index in [1.165, 1.54) is 12.8 Å². The van der Waals surface area contributed by atoms with Crippen LogP contribution in [0.15, 0.2) is 0 Å². The van der Waals surface area contributed by atoms with Gasteiger partial charge in [0.15, 0.2) is 0 Å². The maximum absolute atomic E-state index is 11.5. The molecule has 0 radical (unpaired) electrons. The van der Waals surface area contributed by atoms with Gasteiger partial charge in [0.2, 0.25) is 5.82 Å². The lowest BCUT2D eigenvalue weighted by atomic mass is 9.92. The van der Waals surface area contributed by atoms with Crippen molar-refractivity contribution in [1.82, 2.24) is 15.3 Å². The molecule has 1 aromatic rings. The molecule has 1 saturated carbocycles. The summed E-state index contributed by atoms with van der Waals surface area (Å²) in [6.45, 7) is 8.62. The van der Waals surface area contributed by atoms with Gasteiger partial charge >= 0.3 is 0 Å². The minimum absolute atomic E-state index is 0.105. The molecule has 7 heteroatoms. The number of ether oxygens (including phenoxy) is 1. The van der Waals surface area contributed by atoms with Crippen LogP contribution in [0.25, 0.3) is 0 Å². The maximum atomic E-state index is 11.5. The number of anilines is 1. The Hall–Kier alpha value is -1.73. The molecular formula is C19H31N5O2. The molecule has 0 unspecified atom stereocenters. The first-order valence-electron chi connectivity index (χ1n) is 9.75. The van der Waals surface area contributed by atoms with Gasteiger partial charge in [-0.1, -0.05) is 0 Å². The molecule has 1 aromatic heterocycles. The van der Waals surface area contributed by atoms with E-state index in [0.29, 0.717) is 18.2 Å². The van der Waals surface area contributed by atoms with E-state index in [1.807, 2.05) is 13.8 Å². The Morgan fingerprint density at radius 1 is 1.19 bits per heavy atom. The van der Waals surface area contributed by atoms with Gasteiger partial charge in [-0.25, -0.2) is 9.97 Å². The zero-order valence-corrected chi connectivity index (χ0v) is 16.1. The van der Waals surface area contributed by atoms with Gasteiger partial charge in [0.1, 0.15) is 5.82 Å². The minimum Gasteiger partial charge on any atom is -0.379 e. The van der Waals surface area contributed by atoms with Crippen LogP contribution >= 0.6 is 0 Å². The highest BCUT2D eigenvalue weighted by atomic mass is 16.5. The normalized spacial score (nSPS) is 26.3. The Labute approximate surface area is 155 Å². The molecular weight excluding hydrogens is 330 g/mol. The summed E-state index contributed by atoms with van der Waals surface area (Å²) in [6.07, 6.45) is 6.18. The lowest BCUT2D eigenvalue weighted by Crippen LogP contribution is -2.43. The van der Waals surface area contributed by atoms with E-state index >= 15 is 0 Å². The Morgan fingerprint density at radius 2 is 1.92 bits per heavy atom. The summed E-state index contributed by atoms with van der Waals surface area (Å²) in [5, 5.41) is 3.82. The molecule has 1 aliphatic carbocycles. The number of hydrogen-bond acceptors (Lipinski definition) is 6. The first-order valence-corrected chi connectivity index (χ1v) is 9.75. The van der Waals surface area contributed by atoms with E-state index in [4.69, 9.17) is 10.5 Å². The molecule has 1 saturated heterocycles. The van der Waals surface area contributed by atoms with Crippen molar-refractivity contribution in [2.24, 2.45) is 5.73 Å². The summed E-state index contributed by atoms with van der Waals surface area (Å²) in [5.74, 6) is 0.374. The van der Waals surface area contributed by atoms with Crippen LogP contribution in [0.4, 0.5) is 5.82 Å². The smallest absolute Gasteiger partial charge is 0.286 e. The molecule has 0 aromatic carbocycles. The van der Waals surface area contributed by atoms with Crippen LogP contribution in [0.1, 0.15) is 60.9 Å². The van der Waals surface area contributed by atoms with E-state index in [9.17, 15) is 4.79 Å². The Kier molecular flexibility index (Phi) is 6.09. The molecule has 2 aliphatic rings. The fraction of sp³-hybridized carbons (Fsp3) is 0.737. The van der Waals surface area contributed by atoms with Crippen molar-refractivity contribution in [2.45, 2.75) is 71.1 Å². The van der Waals surface area contributed by atoms with Crippen molar-refractivity contribution < 1.29 is 9.53 Å². The molecule has 3 rings (SSSR count). The zero-order valence-electron chi connectivity index (χ0n) is 16.1. The van der Waals surface area contributed by atoms with Crippen molar-refractivity contribution in [3.8, 4) is 0 Å². The van der Waals surface area contributed by atoms with Crippen LogP contribution in [-0.2, 0) is 4.74 Å². The van der Waals surface area contributed by atoms with Crippen LogP contribution in [0.3, 0.4) is 0 Å². The van der Waals surface area contributed by atoms with Gasteiger partial charge in [-0.2, -0.15) is 0 Å². The standard InChI is InChI=1S/C19H31N5O2/c1-4-26-16-7-5-14(6-8-16)22-15-9-10-24(11-15)19-12(2)13(3)21-18(23-19)17(20)25/h14-16,22H,4-11H2,1-3H3,(H2,20,25)/t14?,15-,16?/m1/s1. The first-order chi connectivity index (χ1) is 12.5. The van der Waals surface area contributed by atoms with Crippen LogP contribution in [0.5, 0.6) is 0 Å². The third-order valence-corrected chi connectivity index (χ3v) is 5.62. The predicted octanol–water partition coefficient (Wildman–Crippen LogP) is 1.71. The Bertz CT molecular complexity index is 643. The highest BCUT2D eigenvalue weighted by Gasteiger charge is 2.29. The summed E-state index contributed by atoms with van der Waals surface area (Å²) in [7, 11) is 0. The molecule has 1 atom stereocenters. The number of rotatable bonds is 6. The van der Waals surface area contributed by atoms with Crippen molar-refractivity contribution in [3.05, 3.63) is 17.1 Å². The number of nitrogens with two attached hydrogens (primary N) is 1. The van der Waals surface area contributed by atoms with Crippen molar-refractivity contribution >= 4 is 11.7 Å². The van der Waals surface area contributed by atoms with Crippen molar-refractivity contribution in [1.29, 1.82) is 0 Å². The average Bonchev–Trinajstić information content (AvgIpc) is 3.07. The van der Waals surface area contributed by atoms with E-state index in [-0.39, 0.29) is 5.82 Å². The number of aromatic nitrogens is 2. The number of amides is 1. The van der Waals surface area contributed by atoms with Gasteiger partial charge < -0.3 is 20.7 Å². The summed E-state index contributed by atoms with van der Waals surface area (Å²) >= 11 is 0. The molecule has 7 nitrogen and oxygen atoms in total. The summed E-state index contributed by atoms with van der Waals surface area (Å²) in [4.78, 5) is 22.4. The fourth-order valence-corrected chi connectivity index (χ4v) is 4.09. The Balaban J connectivity index is 1.58. The number of aryl methyl sites for hydroxylation is 1.